The molecule has 3 rings (SSSR count). The van der Waals surface area contributed by atoms with E-state index in [4.69, 9.17) is 4.52 Å². The van der Waals surface area contributed by atoms with Gasteiger partial charge in [-0.2, -0.15) is 4.98 Å². The molecule has 6 nitrogen and oxygen atoms in total. The van der Waals surface area contributed by atoms with E-state index in [1.807, 2.05) is 18.2 Å². The molecule has 24 heavy (non-hydrogen) atoms. The second kappa shape index (κ2) is 6.73. The Balaban J connectivity index is 1.74. The molecule has 128 valence electrons. The number of carbonyl (C=O) groups is 1. The maximum Gasteiger partial charge on any atom is 0.251 e. The number of rotatable bonds is 4. The number of benzene rings is 1. The van der Waals surface area contributed by atoms with Gasteiger partial charge >= 0.3 is 0 Å². The fourth-order valence-corrected chi connectivity index (χ4v) is 2.74. The Labute approximate surface area is 142 Å². The lowest BCUT2D eigenvalue weighted by atomic mass is 9.92. The van der Waals surface area contributed by atoms with Crippen LogP contribution in [-0.4, -0.2) is 35.2 Å². The predicted molar refractivity (Wildman–Crippen MR) is 91.6 cm³/mol. The van der Waals surface area contributed by atoms with Gasteiger partial charge in [0, 0.05) is 30.1 Å². The van der Waals surface area contributed by atoms with E-state index in [2.05, 4.69) is 41.5 Å². The van der Waals surface area contributed by atoms with Gasteiger partial charge in [0.25, 0.3) is 5.91 Å². The van der Waals surface area contributed by atoms with E-state index in [9.17, 15) is 4.79 Å². The van der Waals surface area contributed by atoms with Crippen LogP contribution in [0.1, 0.15) is 43.4 Å². The third-order valence-corrected chi connectivity index (χ3v) is 3.93. The molecular formula is C18H24N4O2. The summed E-state index contributed by atoms with van der Waals surface area (Å²) in [5.74, 6) is 1.07. The molecule has 0 saturated carbocycles. The van der Waals surface area contributed by atoms with Crippen molar-refractivity contribution < 1.29 is 9.32 Å². The summed E-state index contributed by atoms with van der Waals surface area (Å²) in [5, 5.41) is 10.3. The van der Waals surface area contributed by atoms with Crippen LogP contribution in [-0.2, 0) is 6.42 Å². The number of amides is 1. The van der Waals surface area contributed by atoms with E-state index >= 15 is 0 Å². The highest BCUT2D eigenvalue weighted by atomic mass is 16.5. The topological polar surface area (TPSA) is 80.0 Å². The lowest BCUT2D eigenvalue weighted by Crippen LogP contribution is -2.36. The average Bonchev–Trinajstić information content (AvgIpc) is 3.17. The summed E-state index contributed by atoms with van der Waals surface area (Å²) >= 11 is 0. The molecule has 0 aliphatic carbocycles. The van der Waals surface area contributed by atoms with Crippen molar-refractivity contribution in [3.05, 3.63) is 35.7 Å². The van der Waals surface area contributed by atoms with Crippen LogP contribution in [0.5, 0.6) is 0 Å². The van der Waals surface area contributed by atoms with Crippen molar-refractivity contribution in [1.82, 2.24) is 20.8 Å². The van der Waals surface area contributed by atoms with E-state index in [0.717, 1.165) is 31.5 Å². The normalized spacial score (nSPS) is 17.9. The van der Waals surface area contributed by atoms with Crippen LogP contribution in [0.2, 0.25) is 0 Å². The molecule has 1 atom stereocenters. The zero-order chi connectivity index (χ0) is 17.2. The van der Waals surface area contributed by atoms with Crippen molar-refractivity contribution in [1.29, 1.82) is 0 Å². The molecule has 0 bridgehead atoms. The molecule has 1 aliphatic rings. The summed E-state index contributed by atoms with van der Waals surface area (Å²) in [6, 6.07) is 7.54. The number of carbonyl (C=O) groups excluding carboxylic acids is 1. The van der Waals surface area contributed by atoms with Crippen molar-refractivity contribution in [3.63, 3.8) is 0 Å². The molecule has 1 amide bonds. The van der Waals surface area contributed by atoms with Crippen LogP contribution in [0.3, 0.4) is 0 Å². The molecule has 1 aromatic heterocycles. The summed E-state index contributed by atoms with van der Waals surface area (Å²) < 4.78 is 5.33. The first-order valence-electron chi connectivity index (χ1n) is 8.35. The van der Waals surface area contributed by atoms with Gasteiger partial charge in [0.15, 0.2) is 0 Å². The highest BCUT2D eigenvalue weighted by Gasteiger charge is 2.19. The predicted octanol–water partition coefficient (Wildman–Crippen LogP) is 2.42. The van der Waals surface area contributed by atoms with Crippen LogP contribution in [0.15, 0.2) is 28.8 Å². The first-order chi connectivity index (χ1) is 11.4. The number of nitrogens with zero attached hydrogens (tertiary/aromatic N) is 2. The van der Waals surface area contributed by atoms with Gasteiger partial charge in [-0.05, 0) is 30.5 Å². The van der Waals surface area contributed by atoms with Crippen molar-refractivity contribution in [2.24, 2.45) is 5.41 Å². The average molecular weight is 328 g/mol. The molecule has 2 heterocycles. The number of hydrogen-bond donors (Lipinski definition) is 2. The maximum absolute atomic E-state index is 12.4. The maximum atomic E-state index is 12.4. The van der Waals surface area contributed by atoms with Crippen LogP contribution >= 0.6 is 0 Å². The van der Waals surface area contributed by atoms with E-state index in [-0.39, 0.29) is 17.4 Å². The monoisotopic (exact) mass is 328 g/mol. The van der Waals surface area contributed by atoms with Gasteiger partial charge in [-0.25, -0.2) is 0 Å². The van der Waals surface area contributed by atoms with Gasteiger partial charge in [-0.1, -0.05) is 38.1 Å². The molecule has 2 N–H and O–H groups in total. The zero-order valence-electron chi connectivity index (χ0n) is 14.4. The Hall–Kier alpha value is -2.21. The summed E-state index contributed by atoms with van der Waals surface area (Å²) in [4.78, 5) is 16.8. The van der Waals surface area contributed by atoms with Gasteiger partial charge in [-0.3, -0.25) is 4.79 Å². The molecule has 1 saturated heterocycles. The first kappa shape index (κ1) is 16.6. The lowest BCUT2D eigenvalue weighted by molar-refractivity contribution is 0.0940. The summed E-state index contributed by atoms with van der Waals surface area (Å²) in [5.41, 5.74) is 1.48. The Morgan fingerprint density at radius 1 is 1.42 bits per heavy atom. The Kier molecular flexibility index (Phi) is 4.66. The fourth-order valence-electron chi connectivity index (χ4n) is 2.74. The second-order valence-electron chi connectivity index (χ2n) is 7.49. The third kappa shape index (κ3) is 4.20. The minimum atomic E-state index is -0.0658. The number of aromatic nitrogens is 2. The van der Waals surface area contributed by atoms with Crippen LogP contribution < -0.4 is 10.6 Å². The molecule has 0 spiro atoms. The van der Waals surface area contributed by atoms with Crippen LogP contribution in [0, 0.1) is 5.41 Å². The quantitative estimate of drug-likeness (QED) is 0.901. The van der Waals surface area contributed by atoms with Gasteiger partial charge in [-0.15, -0.1) is 0 Å². The van der Waals surface area contributed by atoms with Crippen molar-refractivity contribution in [2.75, 3.05) is 13.1 Å². The van der Waals surface area contributed by atoms with E-state index in [1.54, 1.807) is 6.07 Å². The molecule has 1 unspecified atom stereocenters. The zero-order valence-corrected chi connectivity index (χ0v) is 14.4. The summed E-state index contributed by atoms with van der Waals surface area (Å²) in [6.45, 7) is 8.15. The van der Waals surface area contributed by atoms with Crippen molar-refractivity contribution in [3.8, 4) is 11.4 Å². The van der Waals surface area contributed by atoms with Gasteiger partial charge < -0.3 is 15.2 Å². The SMILES string of the molecule is CC(C)(C)Cc1nc(-c2cccc(C(=O)NC3CCNC3)c2)no1. The third-order valence-electron chi connectivity index (χ3n) is 3.93. The minimum Gasteiger partial charge on any atom is -0.348 e. The Morgan fingerprint density at radius 2 is 2.25 bits per heavy atom. The van der Waals surface area contributed by atoms with E-state index in [1.165, 1.54) is 0 Å². The van der Waals surface area contributed by atoms with E-state index in [0.29, 0.717) is 17.3 Å². The Bertz CT molecular complexity index is 712. The first-order valence-corrected chi connectivity index (χ1v) is 8.35. The van der Waals surface area contributed by atoms with Crippen molar-refractivity contribution in [2.45, 2.75) is 39.7 Å². The summed E-state index contributed by atoms with van der Waals surface area (Å²) in [6.07, 6.45) is 1.68. The summed E-state index contributed by atoms with van der Waals surface area (Å²) in [7, 11) is 0. The van der Waals surface area contributed by atoms with Crippen LogP contribution in [0.25, 0.3) is 11.4 Å². The molecule has 1 aromatic carbocycles. The van der Waals surface area contributed by atoms with Gasteiger partial charge in [0.05, 0.1) is 0 Å². The molecule has 2 aromatic rings. The number of hydrogen-bond acceptors (Lipinski definition) is 5. The van der Waals surface area contributed by atoms with E-state index < -0.39 is 0 Å². The van der Waals surface area contributed by atoms with Crippen LogP contribution in [0.4, 0.5) is 0 Å². The highest BCUT2D eigenvalue weighted by Crippen LogP contribution is 2.22. The largest absolute Gasteiger partial charge is 0.348 e. The molecule has 0 radical (unpaired) electrons. The Morgan fingerprint density at radius 3 is 2.96 bits per heavy atom. The fraction of sp³-hybridized carbons (Fsp3) is 0.500. The van der Waals surface area contributed by atoms with Gasteiger partial charge in [0.1, 0.15) is 0 Å². The minimum absolute atomic E-state index is 0.0658. The highest BCUT2D eigenvalue weighted by molar-refractivity contribution is 5.95. The van der Waals surface area contributed by atoms with Gasteiger partial charge in [0.2, 0.25) is 11.7 Å². The standard InChI is InChI=1S/C18H24N4O2/c1-18(2,3)10-15-21-16(22-24-15)12-5-4-6-13(9-12)17(23)20-14-7-8-19-11-14/h4-6,9,14,19H,7-8,10-11H2,1-3H3,(H,20,23). The second-order valence-corrected chi connectivity index (χ2v) is 7.49. The smallest absolute Gasteiger partial charge is 0.251 e. The molecule has 1 fully saturated rings. The van der Waals surface area contributed by atoms with Crippen molar-refractivity contribution >= 4 is 5.91 Å². The number of nitrogens with one attached hydrogen (secondary N) is 2. The lowest BCUT2D eigenvalue weighted by Gasteiger charge is -2.13. The molecule has 6 heteroatoms. The molecular weight excluding hydrogens is 304 g/mol. The molecule has 1 aliphatic heterocycles.